The summed E-state index contributed by atoms with van der Waals surface area (Å²) in [5.74, 6) is -0.000778. The fourth-order valence-electron chi connectivity index (χ4n) is 3.77. The number of aryl methyl sites for hydroxylation is 1. The number of hydrogen-bond donors (Lipinski definition) is 2. The monoisotopic (exact) mass is 393 g/mol. The summed E-state index contributed by atoms with van der Waals surface area (Å²) in [7, 11) is 1.73. The quantitative estimate of drug-likeness (QED) is 0.447. The van der Waals surface area contributed by atoms with Crippen molar-refractivity contribution in [2.45, 2.75) is 32.6 Å². The maximum atomic E-state index is 13.0. The van der Waals surface area contributed by atoms with Gasteiger partial charge in [0.1, 0.15) is 5.84 Å². The molecular formula is C23H27N3O3. The number of ether oxygens (including phenoxy) is 1. The van der Waals surface area contributed by atoms with Crippen molar-refractivity contribution in [3.8, 4) is 0 Å². The molecule has 1 atom stereocenters. The first kappa shape index (κ1) is 20.6. The van der Waals surface area contributed by atoms with Gasteiger partial charge < -0.3 is 15.4 Å². The average molecular weight is 393 g/mol. The van der Waals surface area contributed by atoms with E-state index in [9.17, 15) is 9.59 Å². The molecule has 0 saturated carbocycles. The Bertz CT molecular complexity index is 921. The first-order chi connectivity index (χ1) is 13.9. The van der Waals surface area contributed by atoms with Crippen LogP contribution in [0.4, 0.5) is 5.69 Å². The first-order valence-corrected chi connectivity index (χ1v) is 9.89. The number of esters is 1. The summed E-state index contributed by atoms with van der Waals surface area (Å²) in [5, 5.41) is 7.47. The first-order valence-electron chi connectivity index (χ1n) is 9.89. The zero-order valence-corrected chi connectivity index (χ0v) is 16.9. The highest BCUT2D eigenvalue weighted by molar-refractivity contribution is 6.06. The summed E-state index contributed by atoms with van der Waals surface area (Å²) in [6.07, 6.45) is 3.08. The van der Waals surface area contributed by atoms with E-state index in [1.807, 2.05) is 25.1 Å². The third-order valence-corrected chi connectivity index (χ3v) is 5.41. The number of amidine groups is 1. The van der Waals surface area contributed by atoms with Gasteiger partial charge in [-0.2, -0.15) is 0 Å². The van der Waals surface area contributed by atoms with Gasteiger partial charge in [-0.25, -0.2) is 0 Å². The van der Waals surface area contributed by atoms with Gasteiger partial charge in [-0.15, -0.1) is 0 Å². The molecule has 3 N–H and O–H groups in total. The fourth-order valence-corrected chi connectivity index (χ4v) is 3.77. The van der Waals surface area contributed by atoms with Crippen LogP contribution in [0.15, 0.2) is 42.5 Å². The second-order valence-corrected chi connectivity index (χ2v) is 7.43. The SMILES string of the molecule is CCOC(=O)CC1CCc2ccc(C(=O)N(C)c3ccc(C(=N)N)cc3)cc2C1. The van der Waals surface area contributed by atoms with Crippen LogP contribution in [0.5, 0.6) is 0 Å². The maximum Gasteiger partial charge on any atom is 0.306 e. The number of nitrogens with zero attached hydrogens (tertiary/aromatic N) is 1. The number of carbonyl (C=O) groups excluding carboxylic acids is 2. The molecule has 6 nitrogen and oxygen atoms in total. The molecule has 0 aromatic heterocycles. The van der Waals surface area contributed by atoms with Gasteiger partial charge in [0.25, 0.3) is 5.91 Å². The fraction of sp³-hybridized carbons (Fsp3) is 0.348. The minimum atomic E-state index is -0.151. The van der Waals surface area contributed by atoms with Gasteiger partial charge >= 0.3 is 5.97 Å². The number of hydrogen-bond acceptors (Lipinski definition) is 4. The lowest BCUT2D eigenvalue weighted by molar-refractivity contribution is -0.144. The highest BCUT2D eigenvalue weighted by Crippen LogP contribution is 2.29. The van der Waals surface area contributed by atoms with Crippen molar-refractivity contribution in [1.82, 2.24) is 0 Å². The lowest BCUT2D eigenvalue weighted by Gasteiger charge is -2.25. The molecule has 0 fully saturated rings. The molecule has 152 valence electrons. The van der Waals surface area contributed by atoms with E-state index < -0.39 is 0 Å². The molecule has 1 unspecified atom stereocenters. The van der Waals surface area contributed by atoms with E-state index in [1.54, 1.807) is 36.2 Å². The third kappa shape index (κ3) is 4.83. The number of benzene rings is 2. The minimum absolute atomic E-state index is 0.00223. The normalized spacial score (nSPS) is 15.3. The number of fused-ring (bicyclic) bond motifs is 1. The molecule has 2 aromatic rings. The van der Waals surface area contributed by atoms with Crippen LogP contribution in [-0.2, 0) is 22.4 Å². The molecule has 0 spiro atoms. The maximum absolute atomic E-state index is 13.0. The average Bonchev–Trinajstić information content (AvgIpc) is 2.72. The summed E-state index contributed by atoms with van der Waals surface area (Å²) in [4.78, 5) is 26.4. The Labute approximate surface area is 171 Å². The van der Waals surface area contributed by atoms with Crippen molar-refractivity contribution in [3.63, 3.8) is 0 Å². The molecule has 1 aliphatic rings. The Balaban J connectivity index is 1.74. The van der Waals surface area contributed by atoms with Crippen molar-refractivity contribution in [1.29, 1.82) is 5.41 Å². The van der Waals surface area contributed by atoms with Crippen LogP contribution in [0.1, 0.15) is 46.8 Å². The van der Waals surface area contributed by atoms with Crippen LogP contribution in [0.25, 0.3) is 0 Å². The van der Waals surface area contributed by atoms with Gasteiger partial charge in [-0.05, 0) is 79.6 Å². The van der Waals surface area contributed by atoms with Gasteiger partial charge in [0.15, 0.2) is 0 Å². The zero-order chi connectivity index (χ0) is 21.0. The van der Waals surface area contributed by atoms with Crippen LogP contribution >= 0.6 is 0 Å². The topological polar surface area (TPSA) is 96.5 Å². The molecule has 0 saturated heterocycles. The van der Waals surface area contributed by atoms with Crippen molar-refractivity contribution in [2.24, 2.45) is 11.7 Å². The zero-order valence-electron chi connectivity index (χ0n) is 16.9. The van der Waals surface area contributed by atoms with E-state index in [1.165, 1.54) is 5.56 Å². The Morgan fingerprint density at radius 1 is 1.14 bits per heavy atom. The minimum Gasteiger partial charge on any atom is -0.466 e. The molecule has 0 radical (unpaired) electrons. The number of amides is 1. The van der Waals surface area contributed by atoms with E-state index in [2.05, 4.69) is 0 Å². The van der Waals surface area contributed by atoms with E-state index in [0.29, 0.717) is 24.2 Å². The molecule has 3 rings (SSSR count). The summed E-state index contributed by atoms with van der Waals surface area (Å²) in [6, 6.07) is 12.9. The second-order valence-electron chi connectivity index (χ2n) is 7.43. The van der Waals surface area contributed by atoms with E-state index in [0.717, 1.165) is 30.5 Å². The Hall–Kier alpha value is -3.15. The number of nitrogen functional groups attached to an aromatic ring is 1. The highest BCUT2D eigenvalue weighted by Gasteiger charge is 2.23. The predicted octanol–water partition coefficient (Wildman–Crippen LogP) is 3.31. The van der Waals surface area contributed by atoms with E-state index in [-0.39, 0.29) is 23.6 Å². The molecule has 1 aliphatic carbocycles. The van der Waals surface area contributed by atoms with Gasteiger partial charge in [-0.3, -0.25) is 15.0 Å². The van der Waals surface area contributed by atoms with Gasteiger partial charge in [-0.1, -0.05) is 6.07 Å². The molecule has 0 heterocycles. The van der Waals surface area contributed by atoms with Gasteiger partial charge in [0, 0.05) is 30.3 Å². The van der Waals surface area contributed by atoms with Crippen molar-refractivity contribution in [2.75, 3.05) is 18.6 Å². The number of carbonyl (C=O) groups is 2. The van der Waals surface area contributed by atoms with Crippen LogP contribution in [0.3, 0.4) is 0 Å². The molecule has 0 bridgehead atoms. The Kier molecular flexibility index (Phi) is 6.32. The van der Waals surface area contributed by atoms with E-state index >= 15 is 0 Å². The van der Waals surface area contributed by atoms with Crippen LogP contribution in [-0.4, -0.2) is 31.4 Å². The van der Waals surface area contributed by atoms with Crippen LogP contribution in [0, 0.1) is 11.3 Å². The summed E-state index contributed by atoms with van der Waals surface area (Å²) in [6.45, 7) is 2.22. The summed E-state index contributed by atoms with van der Waals surface area (Å²) in [5.41, 5.74) is 9.85. The largest absolute Gasteiger partial charge is 0.466 e. The third-order valence-electron chi connectivity index (χ3n) is 5.41. The number of nitrogens with one attached hydrogen (secondary N) is 1. The summed E-state index contributed by atoms with van der Waals surface area (Å²) < 4.78 is 5.08. The van der Waals surface area contributed by atoms with Gasteiger partial charge in [0.2, 0.25) is 0 Å². The molecule has 6 heteroatoms. The molecular weight excluding hydrogens is 366 g/mol. The highest BCUT2D eigenvalue weighted by atomic mass is 16.5. The van der Waals surface area contributed by atoms with Crippen LogP contribution < -0.4 is 10.6 Å². The summed E-state index contributed by atoms with van der Waals surface area (Å²) >= 11 is 0. The number of anilines is 1. The molecule has 1 amide bonds. The molecule has 2 aromatic carbocycles. The lowest BCUT2D eigenvalue weighted by Crippen LogP contribution is -2.27. The Morgan fingerprint density at radius 2 is 1.83 bits per heavy atom. The van der Waals surface area contributed by atoms with Crippen LogP contribution in [0.2, 0.25) is 0 Å². The van der Waals surface area contributed by atoms with E-state index in [4.69, 9.17) is 15.9 Å². The smallest absolute Gasteiger partial charge is 0.306 e. The number of nitrogens with two attached hydrogens (primary N) is 1. The standard InChI is InChI=1S/C23H27N3O3/c1-3-29-21(27)13-15-4-5-16-6-7-18(14-19(16)12-15)23(28)26(2)20-10-8-17(9-11-20)22(24)25/h6-11,14-15H,3-5,12-13H2,1-2H3,(H3,24,25). The predicted molar refractivity (Wildman–Crippen MR) is 113 cm³/mol. The second kappa shape index (κ2) is 8.90. The Morgan fingerprint density at radius 3 is 2.48 bits per heavy atom. The van der Waals surface area contributed by atoms with Crippen molar-refractivity contribution in [3.05, 3.63) is 64.7 Å². The lowest BCUT2D eigenvalue weighted by atomic mass is 9.81. The molecule has 29 heavy (non-hydrogen) atoms. The van der Waals surface area contributed by atoms with Gasteiger partial charge in [0.05, 0.1) is 6.61 Å². The van der Waals surface area contributed by atoms with Crippen molar-refractivity contribution < 1.29 is 14.3 Å². The molecule has 0 aliphatic heterocycles. The number of rotatable bonds is 6. The van der Waals surface area contributed by atoms with Crippen molar-refractivity contribution >= 4 is 23.4 Å².